The summed E-state index contributed by atoms with van der Waals surface area (Å²) >= 11 is 0. The van der Waals surface area contributed by atoms with Crippen LogP contribution in [0.15, 0.2) is 24.9 Å². The van der Waals surface area contributed by atoms with Crippen LogP contribution in [0.25, 0.3) is 5.65 Å². The molecule has 0 amide bonds. The van der Waals surface area contributed by atoms with Crippen LogP contribution in [0.3, 0.4) is 0 Å². The lowest BCUT2D eigenvalue weighted by Gasteiger charge is -1.84. The van der Waals surface area contributed by atoms with E-state index in [2.05, 4.69) is 28.9 Å². The standard InChI is InChI=1S/C5H4N4.C3H8.C2H6/c1-2-9-5(3-6-1)7-4-8-9;1-3-2;1-2/h1-4H;3H2,1-2H3;1-2H3. The maximum Gasteiger partial charge on any atom is 0.173 e. The quantitative estimate of drug-likeness (QED) is 0.647. The summed E-state index contributed by atoms with van der Waals surface area (Å²) in [4.78, 5) is 7.77. The molecule has 2 rings (SSSR count). The molecule has 0 bridgehead atoms. The van der Waals surface area contributed by atoms with Crippen LogP contribution in [0.4, 0.5) is 0 Å². The highest BCUT2D eigenvalue weighted by Gasteiger charge is 1.88. The zero-order valence-corrected chi connectivity index (χ0v) is 9.31. The normalized spacial score (nSPS) is 8.29. The molecular formula is C10H18N4. The first-order valence-electron chi connectivity index (χ1n) is 4.97. The van der Waals surface area contributed by atoms with Crippen LogP contribution in [0.2, 0.25) is 0 Å². The highest BCUT2D eigenvalue weighted by Crippen LogP contribution is 1.89. The monoisotopic (exact) mass is 194 g/mol. The summed E-state index contributed by atoms with van der Waals surface area (Å²) in [7, 11) is 0. The lowest BCUT2D eigenvalue weighted by Crippen LogP contribution is -1.84. The second-order valence-electron chi connectivity index (χ2n) is 2.35. The van der Waals surface area contributed by atoms with Crippen molar-refractivity contribution in [2.45, 2.75) is 34.1 Å². The van der Waals surface area contributed by atoms with Crippen LogP contribution < -0.4 is 0 Å². The molecule has 0 aliphatic heterocycles. The highest BCUT2D eigenvalue weighted by atomic mass is 15.3. The van der Waals surface area contributed by atoms with Crippen LogP contribution in [0.1, 0.15) is 34.1 Å². The van der Waals surface area contributed by atoms with Crippen molar-refractivity contribution in [2.75, 3.05) is 0 Å². The van der Waals surface area contributed by atoms with E-state index in [-0.39, 0.29) is 0 Å². The molecule has 2 aromatic heterocycles. The molecule has 0 spiro atoms. The number of aromatic nitrogens is 4. The smallest absolute Gasteiger partial charge is 0.173 e. The van der Waals surface area contributed by atoms with Crippen LogP contribution in [-0.4, -0.2) is 19.6 Å². The number of hydrogen-bond donors (Lipinski definition) is 0. The maximum atomic E-state index is 3.91. The van der Waals surface area contributed by atoms with Crippen molar-refractivity contribution in [1.29, 1.82) is 0 Å². The van der Waals surface area contributed by atoms with Crippen molar-refractivity contribution in [3.05, 3.63) is 24.9 Å². The molecule has 0 aliphatic carbocycles. The third-order valence-corrected chi connectivity index (χ3v) is 1.08. The summed E-state index contributed by atoms with van der Waals surface area (Å²) in [6.07, 6.45) is 7.83. The number of fused-ring (bicyclic) bond motifs is 1. The molecule has 0 saturated heterocycles. The number of rotatable bonds is 0. The molecule has 0 fully saturated rings. The molecule has 0 unspecified atom stereocenters. The van der Waals surface area contributed by atoms with Gasteiger partial charge in [0.15, 0.2) is 5.65 Å². The minimum absolute atomic E-state index is 0.775. The Kier molecular flexibility index (Phi) is 7.32. The van der Waals surface area contributed by atoms with Crippen LogP contribution >= 0.6 is 0 Å². The lowest BCUT2D eigenvalue weighted by molar-refractivity contribution is 0.946. The molecule has 0 radical (unpaired) electrons. The van der Waals surface area contributed by atoms with Crippen LogP contribution in [0.5, 0.6) is 0 Å². The Labute approximate surface area is 85.0 Å². The van der Waals surface area contributed by atoms with E-state index in [1.54, 1.807) is 23.1 Å². The fourth-order valence-corrected chi connectivity index (χ4v) is 0.678. The van der Waals surface area contributed by atoms with Crippen molar-refractivity contribution in [3.8, 4) is 0 Å². The van der Waals surface area contributed by atoms with Gasteiger partial charge < -0.3 is 0 Å². The van der Waals surface area contributed by atoms with Gasteiger partial charge >= 0.3 is 0 Å². The van der Waals surface area contributed by atoms with Gasteiger partial charge in [-0.1, -0.05) is 34.1 Å². The lowest BCUT2D eigenvalue weighted by atomic mass is 10.6. The largest absolute Gasteiger partial charge is 0.259 e. The average Bonchev–Trinajstić information content (AvgIpc) is 2.69. The van der Waals surface area contributed by atoms with E-state index in [0.29, 0.717) is 0 Å². The Morgan fingerprint density at radius 2 is 1.93 bits per heavy atom. The van der Waals surface area contributed by atoms with Gasteiger partial charge in [0.25, 0.3) is 0 Å². The van der Waals surface area contributed by atoms with Crippen molar-refractivity contribution in [2.24, 2.45) is 0 Å². The van der Waals surface area contributed by atoms with E-state index >= 15 is 0 Å². The molecular weight excluding hydrogens is 176 g/mol. The summed E-state index contributed by atoms with van der Waals surface area (Å²) in [6.45, 7) is 8.25. The molecule has 0 atom stereocenters. The van der Waals surface area contributed by atoms with Crippen molar-refractivity contribution in [1.82, 2.24) is 19.6 Å². The first-order valence-corrected chi connectivity index (χ1v) is 4.97. The Morgan fingerprint density at radius 1 is 1.29 bits per heavy atom. The van der Waals surface area contributed by atoms with Crippen LogP contribution in [0, 0.1) is 0 Å². The molecule has 14 heavy (non-hydrogen) atoms. The molecule has 78 valence electrons. The van der Waals surface area contributed by atoms with E-state index in [9.17, 15) is 0 Å². The molecule has 0 N–H and O–H groups in total. The maximum absolute atomic E-state index is 3.91. The van der Waals surface area contributed by atoms with Gasteiger partial charge in [0.1, 0.15) is 6.33 Å². The van der Waals surface area contributed by atoms with Gasteiger partial charge in [-0.25, -0.2) is 9.50 Å². The molecule has 2 heterocycles. The van der Waals surface area contributed by atoms with E-state index in [4.69, 9.17) is 0 Å². The van der Waals surface area contributed by atoms with Crippen molar-refractivity contribution >= 4 is 5.65 Å². The highest BCUT2D eigenvalue weighted by molar-refractivity contribution is 5.30. The predicted molar refractivity (Wildman–Crippen MR) is 58.1 cm³/mol. The zero-order valence-electron chi connectivity index (χ0n) is 9.31. The Hall–Kier alpha value is -1.45. The van der Waals surface area contributed by atoms with Gasteiger partial charge in [-0.15, -0.1) is 0 Å². The van der Waals surface area contributed by atoms with Gasteiger partial charge in [0, 0.05) is 12.4 Å². The second-order valence-corrected chi connectivity index (χ2v) is 2.35. The fraction of sp³-hybridized carbons (Fsp3) is 0.500. The molecule has 2 aromatic rings. The summed E-state index contributed by atoms with van der Waals surface area (Å²) < 4.78 is 1.66. The van der Waals surface area contributed by atoms with E-state index in [1.165, 1.54) is 12.7 Å². The second kappa shape index (κ2) is 8.16. The molecule has 4 heteroatoms. The Balaban J connectivity index is 0.000000294. The SMILES string of the molecule is CC.CCC.c1cn2ncnc2cn1. The van der Waals surface area contributed by atoms with Gasteiger partial charge in [-0.05, 0) is 0 Å². The Bertz CT molecular complexity index is 299. The topological polar surface area (TPSA) is 43.1 Å². The minimum atomic E-state index is 0.775. The summed E-state index contributed by atoms with van der Waals surface area (Å²) in [6, 6.07) is 0. The fourth-order valence-electron chi connectivity index (χ4n) is 0.678. The van der Waals surface area contributed by atoms with E-state index in [1.807, 2.05) is 13.8 Å². The number of nitrogens with zero attached hydrogens (tertiary/aromatic N) is 4. The molecule has 0 saturated carbocycles. The van der Waals surface area contributed by atoms with Crippen LogP contribution in [-0.2, 0) is 0 Å². The van der Waals surface area contributed by atoms with Gasteiger partial charge in [-0.2, -0.15) is 5.10 Å². The molecule has 4 nitrogen and oxygen atoms in total. The summed E-state index contributed by atoms with van der Waals surface area (Å²) in [5, 5.41) is 3.88. The van der Waals surface area contributed by atoms with Crippen molar-refractivity contribution < 1.29 is 0 Å². The average molecular weight is 194 g/mol. The third-order valence-electron chi connectivity index (χ3n) is 1.08. The van der Waals surface area contributed by atoms with Gasteiger partial charge in [0.2, 0.25) is 0 Å². The summed E-state index contributed by atoms with van der Waals surface area (Å²) in [5.41, 5.74) is 0.775. The molecule has 0 aromatic carbocycles. The first-order chi connectivity index (χ1) is 6.88. The predicted octanol–water partition coefficient (Wildman–Crippen LogP) is 2.57. The first kappa shape index (κ1) is 12.6. The summed E-state index contributed by atoms with van der Waals surface area (Å²) in [5.74, 6) is 0. The van der Waals surface area contributed by atoms with Gasteiger partial charge in [0.05, 0.1) is 6.20 Å². The minimum Gasteiger partial charge on any atom is -0.259 e. The van der Waals surface area contributed by atoms with Crippen molar-refractivity contribution in [3.63, 3.8) is 0 Å². The van der Waals surface area contributed by atoms with Gasteiger partial charge in [-0.3, -0.25) is 4.98 Å². The van der Waals surface area contributed by atoms with E-state index in [0.717, 1.165) is 5.65 Å². The Morgan fingerprint density at radius 3 is 2.50 bits per heavy atom. The zero-order chi connectivity index (χ0) is 10.8. The number of hydrogen-bond acceptors (Lipinski definition) is 3. The molecule has 0 aliphatic rings. The van der Waals surface area contributed by atoms with E-state index < -0.39 is 0 Å². The third kappa shape index (κ3) is 3.98.